The Morgan fingerprint density at radius 2 is 1.92 bits per heavy atom. The van der Waals surface area contributed by atoms with Gasteiger partial charge in [0.25, 0.3) is 5.91 Å². The quantitative estimate of drug-likeness (QED) is 0.853. The molecule has 126 valence electrons. The van der Waals surface area contributed by atoms with E-state index in [9.17, 15) is 4.79 Å². The van der Waals surface area contributed by atoms with E-state index in [0.29, 0.717) is 23.7 Å². The van der Waals surface area contributed by atoms with Crippen LogP contribution in [0.4, 0.5) is 11.5 Å². The van der Waals surface area contributed by atoms with E-state index in [1.165, 1.54) is 0 Å². The van der Waals surface area contributed by atoms with E-state index in [2.05, 4.69) is 15.1 Å². The maximum atomic E-state index is 12.6. The van der Waals surface area contributed by atoms with Crippen LogP contribution in [0.25, 0.3) is 0 Å². The van der Waals surface area contributed by atoms with Gasteiger partial charge in [-0.15, -0.1) is 5.10 Å². The van der Waals surface area contributed by atoms with Crippen LogP contribution in [0.1, 0.15) is 10.4 Å². The molecule has 0 bridgehead atoms. The lowest BCUT2D eigenvalue weighted by atomic mass is 10.2. The van der Waals surface area contributed by atoms with Crippen LogP contribution >= 0.6 is 11.6 Å². The zero-order valence-corrected chi connectivity index (χ0v) is 14.6. The molecule has 1 saturated heterocycles. The van der Waals surface area contributed by atoms with Crippen LogP contribution < -0.4 is 9.80 Å². The monoisotopic (exact) mass is 345 g/mol. The summed E-state index contributed by atoms with van der Waals surface area (Å²) in [6.45, 7) is 2.77. The fraction of sp³-hybridized carbons (Fsp3) is 0.353. The van der Waals surface area contributed by atoms with Gasteiger partial charge in [0.05, 0.1) is 11.9 Å². The summed E-state index contributed by atoms with van der Waals surface area (Å²) in [5.41, 5.74) is 1.64. The van der Waals surface area contributed by atoms with Crippen LogP contribution in [0.2, 0.25) is 5.02 Å². The summed E-state index contributed by atoms with van der Waals surface area (Å²) in [5, 5.41) is 8.86. The lowest BCUT2D eigenvalue weighted by Gasteiger charge is -2.35. The molecule has 0 unspecified atom stereocenters. The minimum atomic E-state index is 0.0188. The summed E-state index contributed by atoms with van der Waals surface area (Å²) >= 11 is 5.97. The van der Waals surface area contributed by atoms with Crippen molar-refractivity contribution in [2.24, 2.45) is 0 Å². The van der Waals surface area contributed by atoms with Gasteiger partial charge >= 0.3 is 0 Å². The SMILES string of the molecule is CN(C)c1cnnc(N2CCN(C(=O)c3cccc(Cl)c3)CC2)c1. The van der Waals surface area contributed by atoms with Crippen molar-refractivity contribution in [1.82, 2.24) is 15.1 Å². The van der Waals surface area contributed by atoms with Gasteiger partial charge < -0.3 is 14.7 Å². The normalized spacial score (nSPS) is 14.6. The minimum Gasteiger partial charge on any atom is -0.376 e. The van der Waals surface area contributed by atoms with Crippen molar-refractivity contribution in [1.29, 1.82) is 0 Å². The van der Waals surface area contributed by atoms with E-state index in [1.807, 2.05) is 30.0 Å². The van der Waals surface area contributed by atoms with E-state index >= 15 is 0 Å². The van der Waals surface area contributed by atoms with Crippen LogP contribution in [0.3, 0.4) is 0 Å². The topological polar surface area (TPSA) is 52.6 Å². The third-order valence-electron chi connectivity index (χ3n) is 4.11. The minimum absolute atomic E-state index is 0.0188. The summed E-state index contributed by atoms with van der Waals surface area (Å²) < 4.78 is 0. The van der Waals surface area contributed by atoms with E-state index in [-0.39, 0.29) is 5.91 Å². The van der Waals surface area contributed by atoms with Gasteiger partial charge in [-0.25, -0.2) is 0 Å². The van der Waals surface area contributed by atoms with Crippen molar-refractivity contribution in [3.8, 4) is 0 Å². The Balaban J connectivity index is 1.65. The van der Waals surface area contributed by atoms with Gasteiger partial charge in [0.1, 0.15) is 0 Å². The number of anilines is 2. The van der Waals surface area contributed by atoms with Gasteiger partial charge in [-0.2, -0.15) is 5.10 Å². The second-order valence-electron chi connectivity index (χ2n) is 5.96. The third kappa shape index (κ3) is 3.59. The first kappa shape index (κ1) is 16.5. The molecule has 0 spiro atoms. The van der Waals surface area contributed by atoms with E-state index in [4.69, 9.17) is 11.6 Å². The highest BCUT2D eigenvalue weighted by molar-refractivity contribution is 6.30. The van der Waals surface area contributed by atoms with Crippen molar-refractivity contribution in [2.75, 3.05) is 50.1 Å². The number of hydrogen-bond donors (Lipinski definition) is 0. The Morgan fingerprint density at radius 1 is 1.17 bits per heavy atom. The molecular weight excluding hydrogens is 326 g/mol. The highest BCUT2D eigenvalue weighted by Crippen LogP contribution is 2.19. The van der Waals surface area contributed by atoms with E-state index in [0.717, 1.165) is 24.6 Å². The van der Waals surface area contributed by atoms with Gasteiger partial charge in [0, 0.05) is 56.9 Å². The Bertz CT molecular complexity index is 728. The van der Waals surface area contributed by atoms with Crippen LogP contribution in [-0.4, -0.2) is 61.3 Å². The first-order chi connectivity index (χ1) is 11.5. The number of amides is 1. The molecule has 1 aromatic carbocycles. The number of piperazine rings is 1. The Hall–Kier alpha value is -2.34. The van der Waals surface area contributed by atoms with Crippen LogP contribution in [0.15, 0.2) is 36.5 Å². The molecule has 0 aliphatic carbocycles. The van der Waals surface area contributed by atoms with Crippen LogP contribution in [-0.2, 0) is 0 Å². The number of rotatable bonds is 3. The van der Waals surface area contributed by atoms with Gasteiger partial charge in [-0.1, -0.05) is 17.7 Å². The fourth-order valence-electron chi connectivity index (χ4n) is 2.69. The van der Waals surface area contributed by atoms with Gasteiger partial charge in [0.2, 0.25) is 0 Å². The number of carbonyl (C=O) groups is 1. The fourth-order valence-corrected chi connectivity index (χ4v) is 2.88. The zero-order chi connectivity index (χ0) is 17.1. The van der Waals surface area contributed by atoms with Gasteiger partial charge in [-0.05, 0) is 18.2 Å². The summed E-state index contributed by atoms with van der Waals surface area (Å²) in [6, 6.07) is 9.09. The molecule has 1 aliphatic rings. The number of carbonyl (C=O) groups excluding carboxylic acids is 1. The molecule has 1 aromatic heterocycles. The van der Waals surface area contributed by atoms with Gasteiger partial charge in [-0.3, -0.25) is 4.79 Å². The molecule has 24 heavy (non-hydrogen) atoms. The lowest BCUT2D eigenvalue weighted by molar-refractivity contribution is 0.0746. The smallest absolute Gasteiger partial charge is 0.254 e. The highest BCUT2D eigenvalue weighted by atomic mass is 35.5. The second-order valence-corrected chi connectivity index (χ2v) is 6.39. The first-order valence-electron chi connectivity index (χ1n) is 7.84. The average molecular weight is 346 g/mol. The molecule has 7 heteroatoms. The van der Waals surface area contributed by atoms with Crippen LogP contribution in [0.5, 0.6) is 0 Å². The lowest BCUT2D eigenvalue weighted by Crippen LogP contribution is -2.49. The number of halogens is 1. The predicted octanol–water partition coefficient (Wildman–Crippen LogP) is 2.16. The summed E-state index contributed by atoms with van der Waals surface area (Å²) in [5.74, 6) is 0.862. The molecule has 2 heterocycles. The molecule has 0 N–H and O–H groups in total. The first-order valence-corrected chi connectivity index (χ1v) is 8.22. The molecule has 2 aromatic rings. The molecule has 1 aliphatic heterocycles. The molecular formula is C17H20ClN5O. The second kappa shape index (κ2) is 7.05. The maximum absolute atomic E-state index is 12.6. The number of nitrogens with zero attached hydrogens (tertiary/aromatic N) is 5. The maximum Gasteiger partial charge on any atom is 0.254 e. The largest absolute Gasteiger partial charge is 0.376 e. The van der Waals surface area contributed by atoms with Crippen molar-refractivity contribution < 1.29 is 4.79 Å². The van der Waals surface area contributed by atoms with Crippen molar-refractivity contribution in [3.63, 3.8) is 0 Å². The Kier molecular flexibility index (Phi) is 4.85. The zero-order valence-electron chi connectivity index (χ0n) is 13.8. The number of aromatic nitrogens is 2. The third-order valence-corrected chi connectivity index (χ3v) is 4.34. The number of benzene rings is 1. The van der Waals surface area contributed by atoms with Crippen molar-refractivity contribution in [3.05, 3.63) is 47.1 Å². The molecule has 1 amide bonds. The van der Waals surface area contributed by atoms with Crippen molar-refractivity contribution in [2.45, 2.75) is 0 Å². The highest BCUT2D eigenvalue weighted by Gasteiger charge is 2.23. The average Bonchev–Trinajstić information content (AvgIpc) is 2.61. The predicted molar refractivity (Wildman–Crippen MR) is 95.9 cm³/mol. The molecule has 0 atom stereocenters. The molecule has 0 saturated carbocycles. The summed E-state index contributed by atoms with van der Waals surface area (Å²) in [7, 11) is 3.95. The van der Waals surface area contributed by atoms with E-state index in [1.54, 1.807) is 30.5 Å². The molecule has 0 radical (unpaired) electrons. The van der Waals surface area contributed by atoms with Gasteiger partial charge in [0.15, 0.2) is 5.82 Å². The number of hydrogen-bond acceptors (Lipinski definition) is 5. The summed E-state index contributed by atoms with van der Waals surface area (Å²) in [4.78, 5) is 18.6. The Morgan fingerprint density at radius 3 is 2.58 bits per heavy atom. The van der Waals surface area contributed by atoms with E-state index < -0.39 is 0 Å². The molecule has 1 fully saturated rings. The summed E-state index contributed by atoms with van der Waals surface area (Å²) in [6.07, 6.45) is 1.74. The molecule has 3 rings (SSSR count). The standard InChI is InChI=1S/C17H20ClN5O/c1-21(2)15-11-16(20-19-12-15)22-6-8-23(9-7-22)17(24)13-4-3-5-14(18)10-13/h3-5,10-12H,6-9H2,1-2H3. The Labute approximate surface area is 146 Å². The molecule has 6 nitrogen and oxygen atoms in total. The van der Waals surface area contributed by atoms with Crippen molar-refractivity contribution >= 4 is 29.0 Å². The van der Waals surface area contributed by atoms with Crippen LogP contribution in [0, 0.1) is 0 Å².